The third-order valence-corrected chi connectivity index (χ3v) is 15.2. The van der Waals surface area contributed by atoms with Crippen LogP contribution in [0.25, 0.3) is 0 Å². The van der Waals surface area contributed by atoms with E-state index in [2.05, 4.69) is 35.7 Å². The molecular weight excluding hydrogens is 853 g/mol. The van der Waals surface area contributed by atoms with Crippen molar-refractivity contribution in [3.8, 4) is 0 Å². The molecule has 1 aromatic heterocycles. The second-order valence-corrected chi connectivity index (χ2v) is 20.6. The number of nitrogens with one attached hydrogen (secondary N) is 3. The minimum Gasteiger partial charge on any atom is -0.352 e. The van der Waals surface area contributed by atoms with Crippen LogP contribution in [0, 0.1) is 11.3 Å². The van der Waals surface area contributed by atoms with E-state index >= 15 is 0 Å². The van der Waals surface area contributed by atoms with Crippen LogP contribution in [0.3, 0.4) is 0 Å². The van der Waals surface area contributed by atoms with E-state index in [1.54, 1.807) is 23.4 Å². The highest BCUT2D eigenvalue weighted by Gasteiger charge is 2.48. The van der Waals surface area contributed by atoms with Crippen LogP contribution >= 0.6 is 11.8 Å². The van der Waals surface area contributed by atoms with Crippen LogP contribution in [0.4, 0.5) is 11.5 Å². The number of piperidine rings is 1. The van der Waals surface area contributed by atoms with E-state index in [1.165, 1.54) is 31.3 Å². The molecule has 5 N–H and O–H groups in total. The van der Waals surface area contributed by atoms with Crippen LogP contribution in [0.1, 0.15) is 105 Å². The Morgan fingerprint density at radius 2 is 1.73 bits per heavy atom. The molecular formula is C50H62N10O5S. The normalized spacial score (nSPS) is 23.5. The van der Waals surface area contributed by atoms with Gasteiger partial charge in [0.05, 0.1) is 17.9 Å². The van der Waals surface area contributed by atoms with Crippen molar-refractivity contribution in [1.82, 2.24) is 35.3 Å². The number of anilines is 2. The molecule has 5 amide bonds. The van der Waals surface area contributed by atoms with Gasteiger partial charge in [-0.15, -0.1) is 0 Å². The fraction of sp³-hybridized carbons (Fsp3) is 0.500. The number of likely N-dealkylation sites (tertiary alicyclic amines) is 2. The van der Waals surface area contributed by atoms with Crippen LogP contribution in [0.2, 0.25) is 0 Å². The van der Waals surface area contributed by atoms with E-state index in [-0.39, 0.29) is 36.0 Å². The van der Waals surface area contributed by atoms with Gasteiger partial charge in [-0.2, -0.15) is 0 Å². The summed E-state index contributed by atoms with van der Waals surface area (Å²) in [5.74, 6) is -0.0351. The number of carbonyl (C=O) groups is 5. The average molecular weight is 915 g/mol. The molecule has 16 heteroatoms. The van der Waals surface area contributed by atoms with E-state index < -0.39 is 17.5 Å². The first-order chi connectivity index (χ1) is 31.9. The SMILES string of the molecule is CC1(N)C=CN(c2cnc(Sc3cccc(NC(=O)CCCCCCN4CC5(CCN(C6CCC(C(=O)NCc7ccc8c(c7)CN(C7CCC(=O)NC7=O)C8=O)CC6)C5)C4)c3)cn2)C=C1. The third kappa shape index (κ3) is 10.9. The lowest BCUT2D eigenvalue weighted by Crippen LogP contribution is -2.58. The maximum atomic E-state index is 13.3. The number of hydrogen-bond donors (Lipinski definition) is 4. The first kappa shape index (κ1) is 45.7. The van der Waals surface area contributed by atoms with Crippen LogP contribution in [-0.4, -0.2) is 105 Å². The molecule has 5 aliphatic heterocycles. The van der Waals surface area contributed by atoms with E-state index in [0.29, 0.717) is 48.8 Å². The van der Waals surface area contributed by atoms with Gasteiger partial charge in [0.25, 0.3) is 5.91 Å². The topological polar surface area (TPSA) is 186 Å². The van der Waals surface area contributed by atoms with Gasteiger partial charge in [-0.25, -0.2) is 9.97 Å². The molecule has 6 heterocycles. The highest BCUT2D eigenvalue weighted by molar-refractivity contribution is 7.99. The lowest BCUT2D eigenvalue weighted by Gasteiger charge is -2.49. The maximum absolute atomic E-state index is 13.3. The zero-order valence-corrected chi connectivity index (χ0v) is 38.7. The van der Waals surface area contributed by atoms with Crippen molar-refractivity contribution in [2.24, 2.45) is 17.1 Å². The molecule has 1 spiro atoms. The summed E-state index contributed by atoms with van der Waals surface area (Å²) in [4.78, 5) is 82.0. The van der Waals surface area contributed by atoms with Gasteiger partial charge in [0.1, 0.15) is 11.1 Å². The number of imide groups is 1. The molecule has 348 valence electrons. The van der Waals surface area contributed by atoms with E-state index in [1.807, 2.05) is 72.8 Å². The lowest BCUT2D eigenvalue weighted by molar-refractivity contribution is -0.137. The Balaban J connectivity index is 0.616. The highest BCUT2D eigenvalue weighted by atomic mass is 32.2. The molecule has 15 nitrogen and oxygen atoms in total. The molecule has 1 saturated carbocycles. The second-order valence-electron chi connectivity index (χ2n) is 19.5. The Bertz CT molecular complexity index is 2360. The Hall–Kier alpha value is -5.42. The number of fused-ring (bicyclic) bond motifs is 1. The van der Waals surface area contributed by atoms with Gasteiger partial charge in [-0.05, 0) is 119 Å². The maximum Gasteiger partial charge on any atom is 0.255 e. The molecule has 4 fully saturated rings. The van der Waals surface area contributed by atoms with Crippen molar-refractivity contribution in [1.29, 1.82) is 0 Å². The zero-order chi connectivity index (χ0) is 45.8. The van der Waals surface area contributed by atoms with Crippen LogP contribution < -0.4 is 26.6 Å². The van der Waals surface area contributed by atoms with Gasteiger partial charge in [0.15, 0.2) is 5.82 Å². The van der Waals surface area contributed by atoms with Crippen LogP contribution in [-0.2, 0) is 32.3 Å². The second kappa shape index (κ2) is 19.8. The van der Waals surface area contributed by atoms with Gasteiger partial charge < -0.3 is 31.1 Å². The molecule has 2 aromatic carbocycles. The van der Waals surface area contributed by atoms with Crippen LogP contribution in [0.15, 0.2) is 89.3 Å². The number of unbranched alkanes of at least 4 members (excludes halogenated alkanes) is 3. The number of rotatable bonds is 16. The molecule has 1 unspecified atom stereocenters. The number of benzene rings is 2. The summed E-state index contributed by atoms with van der Waals surface area (Å²) in [6, 6.07) is 13.4. The summed E-state index contributed by atoms with van der Waals surface area (Å²) in [5.41, 5.74) is 9.20. The smallest absolute Gasteiger partial charge is 0.255 e. The Kier molecular flexibility index (Phi) is 13.7. The first-order valence-corrected chi connectivity index (χ1v) is 24.6. The Labute approximate surface area is 391 Å². The molecule has 0 bridgehead atoms. The number of carbonyl (C=O) groups excluding carboxylic acids is 5. The third-order valence-electron chi connectivity index (χ3n) is 14.3. The van der Waals surface area contributed by atoms with E-state index in [9.17, 15) is 24.0 Å². The van der Waals surface area contributed by atoms with Crippen molar-refractivity contribution < 1.29 is 24.0 Å². The van der Waals surface area contributed by atoms with Crippen molar-refractivity contribution in [3.05, 3.63) is 96.1 Å². The molecule has 0 radical (unpaired) electrons. The summed E-state index contributed by atoms with van der Waals surface area (Å²) in [6.07, 6.45) is 21.6. The van der Waals surface area contributed by atoms with Crippen molar-refractivity contribution in [3.63, 3.8) is 0 Å². The number of aromatic nitrogens is 2. The van der Waals surface area contributed by atoms with Gasteiger partial charge in [0.2, 0.25) is 23.6 Å². The van der Waals surface area contributed by atoms with E-state index in [0.717, 1.165) is 97.7 Å². The molecule has 66 heavy (non-hydrogen) atoms. The predicted octanol–water partition coefficient (Wildman–Crippen LogP) is 5.73. The predicted molar refractivity (Wildman–Crippen MR) is 253 cm³/mol. The number of hydrogen-bond acceptors (Lipinski definition) is 12. The van der Waals surface area contributed by atoms with Gasteiger partial charge in [-0.1, -0.05) is 42.8 Å². The summed E-state index contributed by atoms with van der Waals surface area (Å²) < 4.78 is 0. The average Bonchev–Trinajstić information content (AvgIpc) is 3.88. The zero-order valence-electron chi connectivity index (χ0n) is 37.9. The van der Waals surface area contributed by atoms with Gasteiger partial charge in [-0.3, -0.25) is 34.2 Å². The number of nitrogens with two attached hydrogens (primary N) is 1. The van der Waals surface area contributed by atoms with Crippen LogP contribution in [0.5, 0.6) is 0 Å². The fourth-order valence-corrected chi connectivity index (χ4v) is 11.4. The van der Waals surface area contributed by atoms with E-state index in [4.69, 9.17) is 5.73 Å². The molecule has 3 saturated heterocycles. The minimum absolute atomic E-state index is 0.0183. The van der Waals surface area contributed by atoms with Crippen molar-refractivity contribution in [2.75, 3.05) is 42.9 Å². The molecule has 1 aliphatic carbocycles. The summed E-state index contributed by atoms with van der Waals surface area (Å²) >= 11 is 1.50. The Morgan fingerprint density at radius 1 is 0.924 bits per heavy atom. The summed E-state index contributed by atoms with van der Waals surface area (Å²) in [7, 11) is 0. The Morgan fingerprint density at radius 3 is 2.50 bits per heavy atom. The molecule has 9 rings (SSSR count). The number of nitrogens with zero attached hydrogens (tertiary/aromatic N) is 6. The quantitative estimate of drug-likeness (QED) is 0.101. The van der Waals surface area contributed by atoms with Gasteiger partial charge >= 0.3 is 0 Å². The summed E-state index contributed by atoms with van der Waals surface area (Å²) in [5, 5.41) is 9.34. The minimum atomic E-state index is -0.639. The van der Waals surface area contributed by atoms with Crippen molar-refractivity contribution in [2.45, 2.75) is 125 Å². The summed E-state index contributed by atoms with van der Waals surface area (Å²) in [6.45, 7) is 8.44. The van der Waals surface area contributed by atoms with Crippen molar-refractivity contribution >= 4 is 52.8 Å². The largest absolute Gasteiger partial charge is 0.352 e. The fourth-order valence-electron chi connectivity index (χ4n) is 10.6. The monoisotopic (exact) mass is 914 g/mol. The lowest BCUT2D eigenvalue weighted by atomic mass is 9.78. The first-order valence-electron chi connectivity index (χ1n) is 23.7. The molecule has 3 aromatic rings. The molecule has 1 atom stereocenters. The highest BCUT2D eigenvalue weighted by Crippen LogP contribution is 2.42. The van der Waals surface area contributed by atoms with Gasteiger partial charge in [0, 0.05) is 91.5 Å². The number of amides is 5. The molecule has 6 aliphatic rings. The standard InChI is InChI=1S/C50H62N10O5S/c1-49(51)18-22-58(23-19-49)42-28-53-45(29-52-42)66-39-8-6-7-37(26-39)55-43(61)9-4-2-3-5-21-57-31-50(32-57)20-24-59(33-50)38-13-11-35(12-14-38)46(63)54-27-34-10-15-40-36(25-34)30-60(48(40)65)41-16-17-44(62)56-47(41)64/h6-8,10,15,18-19,22-23,25-26,28-29,35,38,41H,2-5,9,11-14,16-17,20-21,24,27,30-33,51H2,1H3,(H,54,63)(H,55,61)(H,56,62,64).